The number of thiazole rings is 1. The van der Waals surface area contributed by atoms with Crippen LogP contribution in [-0.4, -0.2) is 13.4 Å². The normalized spacial score (nSPS) is 11.7. The lowest BCUT2D eigenvalue weighted by atomic mass is 10.3. The van der Waals surface area contributed by atoms with Gasteiger partial charge in [-0.1, -0.05) is 6.92 Å². The highest BCUT2D eigenvalue weighted by Crippen LogP contribution is 2.27. The van der Waals surface area contributed by atoms with Gasteiger partial charge in [0.25, 0.3) is 10.0 Å². The van der Waals surface area contributed by atoms with Crippen molar-refractivity contribution in [1.29, 1.82) is 0 Å². The average Bonchev–Trinajstić information content (AvgIpc) is 2.95. The minimum atomic E-state index is -3.55. The third-order valence-corrected chi connectivity index (χ3v) is 6.55. The molecule has 0 saturated heterocycles. The Morgan fingerprint density at radius 2 is 2.11 bits per heavy atom. The van der Waals surface area contributed by atoms with Crippen molar-refractivity contribution in [3.63, 3.8) is 0 Å². The topological polar surface area (TPSA) is 85.1 Å². The molecule has 2 aromatic rings. The summed E-state index contributed by atoms with van der Waals surface area (Å²) in [5, 5.41) is 0.414. The number of nitrogens with one attached hydrogen (secondary N) is 1. The zero-order valence-corrected chi connectivity index (χ0v) is 13.1. The number of hydrogen-bond acceptors (Lipinski definition) is 6. The van der Waals surface area contributed by atoms with Gasteiger partial charge in [0.1, 0.15) is 4.21 Å². The second-order valence-electron chi connectivity index (χ2n) is 3.91. The van der Waals surface area contributed by atoms with Crippen LogP contribution in [0.3, 0.4) is 0 Å². The quantitative estimate of drug-likeness (QED) is 0.886. The molecule has 2 aromatic heterocycles. The third kappa shape index (κ3) is 3.14. The lowest BCUT2D eigenvalue weighted by Gasteiger charge is -2.01. The lowest BCUT2D eigenvalue weighted by Crippen LogP contribution is -2.11. The van der Waals surface area contributed by atoms with Crippen molar-refractivity contribution in [2.24, 2.45) is 5.73 Å². The van der Waals surface area contributed by atoms with E-state index in [1.54, 1.807) is 12.1 Å². The van der Waals surface area contributed by atoms with E-state index in [4.69, 9.17) is 5.73 Å². The molecular formula is C11H15N3O2S3. The molecule has 104 valence electrons. The molecule has 0 bridgehead atoms. The van der Waals surface area contributed by atoms with Crippen LogP contribution in [0.4, 0.5) is 5.13 Å². The Balaban J connectivity index is 2.25. The molecule has 5 nitrogen and oxygen atoms in total. The van der Waals surface area contributed by atoms with Crippen LogP contribution in [0, 0.1) is 6.92 Å². The van der Waals surface area contributed by atoms with Gasteiger partial charge >= 0.3 is 0 Å². The Hall–Kier alpha value is -0.960. The molecule has 19 heavy (non-hydrogen) atoms. The molecule has 0 aliphatic carbocycles. The van der Waals surface area contributed by atoms with E-state index in [9.17, 15) is 8.42 Å². The molecule has 0 fully saturated rings. The number of nitrogens with zero attached hydrogens (tertiary/aromatic N) is 1. The zero-order chi connectivity index (χ0) is 14.0. The Kier molecular flexibility index (Phi) is 4.24. The first-order chi connectivity index (χ1) is 8.96. The summed E-state index contributed by atoms with van der Waals surface area (Å²) in [5.41, 5.74) is 6.41. The molecule has 0 amide bonds. The lowest BCUT2D eigenvalue weighted by molar-refractivity contribution is 0.603. The third-order valence-electron chi connectivity index (χ3n) is 2.55. The first kappa shape index (κ1) is 14.4. The van der Waals surface area contributed by atoms with Gasteiger partial charge in [0.05, 0.1) is 5.69 Å². The predicted molar refractivity (Wildman–Crippen MR) is 79.2 cm³/mol. The summed E-state index contributed by atoms with van der Waals surface area (Å²) in [6.07, 6.45) is 0.792. The number of aryl methyl sites for hydroxylation is 2. The second-order valence-corrected chi connectivity index (χ2v) is 8.19. The van der Waals surface area contributed by atoms with Gasteiger partial charge in [-0.15, -0.1) is 22.7 Å². The van der Waals surface area contributed by atoms with Crippen LogP contribution >= 0.6 is 22.7 Å². The molecule has 0 saturated carbocycles. The number of hydrogen-bond donors (Lipinski definition) is 2. The first-order valence-corrected chi connectivity index (χ1v) is 8.85. The van der Waals surface area contributed by atoms with Crippen molar-refractivity contribution in [3.8, 4) is 0 Å². The van der Waals surface area contributed by atoms with Crippen molar-refractivity contribution in [3.05, 3.63) is 27.6 Å². The number of nitrogens with two attached hydrogens (primary N) is 1. The monoisotopic (exact) mass is 317 g/mol. The number of anilines is 1. The summed E-state index contributed by atoms with van der Waals surface area (Å²) >= 11 is 2.53. The molecule has 2 rings (SSSR count). The van der Waals surface area contributed by atoms with Crippen LogP contribution in [0.2, 0.25) is 0 Å². The van der Waals surface area contributed by atoms with E-state index in [1.807, 2.05) is 13.8 Å². The highest BCUT2D eigenvalue weighted by molar-refractivity contribution is 7.94. The Labute approximate surface area is 120 Å². The molecule has 0 aromatic carbocycles. The van der Waals surface area contributed by atoms with Crippen molar-refractivity contribution < 1.29 is 8.42 Å². The molecule has 3 N–H and O–H groups in total. The maximum atomic E-state index is 12.2. The molecule has 2 heterocycles. The smallest absolute Gasteiger partial charge is 0.273 e. The maximum absolute atomic E-state index is 12.2. The van der Waals surface area contributed by atoms with E-state index in [-0.39, 0.29) is 4.21 Å². The van der Waals surface area contributed by atoms with Crippen molar-refractivity contribution in [1.82, 2.24) is 4.98 Å². The van der Waals surface area contributed by atoms with Crippen LogP contribution in [0.15, 0.2) is 16.3 Å². The second kappa shape index (κ2) is 5.58. The molecule has 0 aliphatic rings. The number of rotatable bonds is 5. The van der Waals surface area contributed by atoms with E-state index in [1.165, 1.54) is 22.7 Å². The van der Waals surface area contributed by atoms with Crippen LogP contribution < -0.4 is 10.5 Å². The van der Waals surface area contributed by atoms with Gasteiger partial charge in [-0.05, 0) is 25.5 Å². The van der Waals surface area contributed by atoms with E-state index in [0.717, 1.165) is 21.9 Å². The SMILES string of the molecule is CCc1nc(NS(=O)(=O)c2ccc(CN)s2)sc1C. The van der Waals surface area contributed by atoms with Gasteiger partial charge in [0.2, 0.25) is 0 Å². The minimum absolute atomic E-state index is 0.263. The Bertz CT molecular complexity index is 673. The van der Waals surface area contributed by atoms with Crippen molar-refractivity contribution in [2.45, 2.75) is 31.0 Å². The fraction of sp³-hybridized carbons (Fsp3) is 0.364. The summed E-state index contributed by atoms with van der Waals surface area (Å²) in [6, 6.07) is 3.29. The van der Waals surface area contributed by atoms with Crippen molar-refractivity contribution >= 4 is 37.8 Å². The number of aromatic nitrogens is 1. The molecule has 0 aliphatic heterocycles. The molecule has 0 radical (unpaired) electrons. The van der Waals surface area contributed by atoms with Gasteiger partial charge < -0.3 is 5.73 Å². The molecule has 0 spiro atoms. The van der Waals surface area contributed by atoms with Gasteiger partial charge in [-0.2, -0.15) is 0 Å². The molecule has 8 heteroatoms. The van der Waals surface area contributed by atoms with Crippen LogP contribution in [0.25, 0.3) is 0 Å². The van der Waals surface area contributed by atoms with Gasteiger partial charge in [-0.25, -0.2) is 13.4 Å². The summed E-state index contributed by atoms with van der Waals surface area (Å²) in [7, 11) is -3.55. The maximum Gasteiger partial charge on any atom is 0.273 e. The Morgan fingerprint density at radius 3 is 2.63 bits per heavy atom. The fourth-order valence-electron chi connectivity index (χ4n) is 1.58. The van der Waals surface area contributed by atoms with E-state index < -0.39 is 10.0 Å². The molecular weight excluding hydrogens is 302 g/mol. The first-order valence-electron chi connectivity index (χ1n) is 5.74. The molecule has 0 atom stereocenters. The van der Waals surface area contributed by atoms with Gasteiger partial charge in [0.15, 0.2) is 5.13 Å². The zero-order valence-electron chi connectivity index (χ0n) is 10.6. The minimum Gasteiger partial charge on any atom is -0.326 e. The summed E-state index contributed by atoms with van der Waals surface area (Å²) in [5.74, 6) is 0. The van der Waals surface area contributed by atoms with Crippen molar-refractivity contribution in [2.75, 3.05) is 4.72 Å². The highest BCUT2D eigenvalue weighted by atomic mass is 32.2. The van der Waals surface area contributed by atoms with E-state index in [0.29, 0.717) is 11.7 Å². The highest BCUT2D eigenvalue weighted by Gasteiger charge is 2.19. The number of thiophene rings is 1. The van der Waals surface area contributed by atoms with E-state index >= 15 is 0 Å². The van der Waals surface area contributed by atoms with Crippen LogP contribution in [-0.2, 0) is 23.0 Å². The average molecular weight is 317 g/mol. The predicted octanol–water partition coefficient (Wildman–Crippen LogP) is 2.33. The summed E-state index contributed by atoms with van der Waals surface area (Å²) < 4.78 is 27.1. The van der Waals surface area contributed by atoms with Crippen LogP contribution in [0.1, 0.15) is 22.4 Å². The van der Waals surface area contributed by atoms with Crippen LogP contribution in [0.5, 0.6) is 0 Å². The van der Waals surface area contributed by atoms with Gasteiger partial charge in [-0.3, -0.25) is 4.72 Å². The van der Waals surface area contributed by atoms with E-state index in [2.05, 4.69) is 9.71 Å². The number of sulfonamides is 1. The fourth-order valence-corrected chi connectivity index (χ4v) is 4.95. The van der Waals surface area contributed by atoms with Gasteiger partial charge in [0, 0.05) is 16.3 Å². The largest absolute Gasteiger partial charge is 0.326 e. The standard InChI is InChI=1S/C11H15N3O2S3/c1-3-9-7(2)17-11(13-9)14-19(15,16)10-5-4-8(6-12)18-10/h4-5H,3,6,12H2,1-2H3,(H,13,14). The summed E-state index contributed by atoms with van der Waals surface area (Å²) in [4.78, 5) is 6.15. The summed E-state index contributed by atoms with van der Waals surface area (Å²) in [6.45, 7) is 4.27. The Morgan fingerprint density at radius 1 is 1.37 bits per heavy atom. The molecule has 0 unspecified atom stereocenters.